The fourth-order valence-corrected chi connectivity index (χ4v) is 1.92. The first-order valence-electron chi connectivity index (χ1n) is 6.96. The summed E-state index contributed by atoms with van der Waals surface area (Å²) in [5.74, 6) is 1.43. The normalized spacial score (nSPS) is 15.6. The predicted octanol–water partition coefficient (Wildman–Crippen LogP) is 1.76. The number of methoxy groups -OCH3 is 1. The summed E-state index contributed by atoms with van der Waals surface area (Å²) < 4.78 is 10.9. The second-order valence-corrected chi connectivity index (χ2v) is 5.13. The van der Waals surface area contributed by atoms with E-state index in [9.17, 15) is 4.79 Å². The minimum absolute atomic E-state index is 0.0396. The van der Waals surface area contributed by atoms with Crippen molar-refractivity contribution in [2.45, 2.75) is 38.3 Å². The summed E-state index contributed by atoms with van der Waals surface area (Å²) in [7, 11) is 1.60. The minimum Gasteiger partial charge on any atom is -0.497 e. The van der Waals surface area contributed by atoms with E-state index in [0.29, 0.717) is 30.6 Å². The monoisotopic (exact) mass is 278 g/mol. The Morgan fingerprint density at radius 3 is 2.85 bits per heavy atom. The van der Waals surface area contributed by atoms with Gasteiger partial charge in [0.25, 0.3) is 0 Å². The van der Waals surface area contributed by atoms with Crippen LogP contribution < -0.4 is 20.5 Å². The number of ether oxygens (including phenoxy) is 2. The van der Waals surface area contributed by atoms with Crippen molar-refractivity contribution in [1.29, 1.82) is 0 Å². The lowest BCUT2D eigenvalue weighted by Gasteiger charge is -2.15. The topological polar surface area (TPSA) is 73.6 Å². The van der Waals surface area contributed by atoms with Crippen molar-refractivity contribution in [3.05, 3.63) is 23.8 Å². The molecule has 0 heterocycles. The molecule has 110 valence electrons. The van der Waals surface area contributed by atoms with Gasteiger partial charge in [-0.25, -0.2) is 0 Å². The summed E-state index contributed by atoms with van der Waals surface area (Å²) in [4.78, 5) is 11.6. The molecule has 1 atom stereocenters. The summed E-state index contributed by atoms with van der Waals surface area (Å²) in [5.41, 5.74) is 6.82. The van der Waals surface area contributed by atoms with Gasteiger partial charge >= 0.3 is 0 Å². The lowest BCUT2D eigenvalue weighted by molar-refractivity contribution is -0.121. The number of nitrogens with two attached hydrogens (primary N) is 1. The average Bonchev–Trinajstić information content (AvgIpc) is 3.22. The van der Waals surface area contributed by atoms with Crippen molar-refractivity contribution in [2.75, 3.05) is 13.7 Å². The zero-order valence-electron chi connectivity index (χ0n) is 12.0. The number of benzene rings is 1. The van der Waals surface area contributed by atoms with Crippen LogP contribution >= 0.6 is 0 Å². The van der Waals surface area contributed by atoms with E-state index in [2.05, 4.69) is 5.32 Å². The Morgan fingerprint density at radius 1 is 1.50 bits per heavy atom. The fourth-order valence-electron chi connectivity index (χ4n) is 1.92. The zero-order chi connectivity index (χ0) is 14.5. The highest BCUT2D eigenvalue weighted by molar-refractivity contribution is 5.76. The Labute approximate surface area is 119 Å². The molecule has 1 amide bonds. The van der Waals surface area contributed by atoms with E-state index in [1.807, 2.05) is 19.1 Å². The third-order valence-corrected chi connectivity index (χ3v) is 3.24. The molecule has 5 nitrogen and oxygen atoms in total. The van der Waals surface area contributed by atoms with Gasteiger partial charge in [0.05, 0.1) is 20.1 Å². The third-order valence-electron chi connectivity index (χ3n) is 3.24. The standard InChI is InChI=1S/C15H22N2O3/c1-10(16)13-6-5-12(19-2)9-14(13)20-8-7-15(18)17-11-3-4-11/h5-6,9-11H,3-4,7-8,16H2,1-2H3,(H,17,18)/t10-/m0/s1. The van der Waals surface area contributed by atoms with Gasteiger partial charge in [-0.1, -0.05) is 6.07 Å². The molecule has 0 spiro atoms. The van der Waals surface area contributed by atoms with Crippen LogP contribution in [-0.4, -0.2) is 25.7 Å². The Kier molecular flexibility index (Phi) is 4.84. The van der Waals surface area contributed by atoms with Crippen LogP contribution in [0.25, 0.3) is 0 Å². The smallest absolute Gasteiger partial charge is 0.223 e. The van der Waals surface area contributed by atoms with E-state index in [0.717, 1.165) is 18.4 Å². The van der Waals surface area contributed by atoms with E-state index >= 15 is 0 Å². The van der Waals surface area contributed by atoms with Crippen molar-refractivity contribution in [1.82, 2.24) is 5.32 Å². The van der Waals surface area contributed by atoms with Crippen LogP contribution in [0.3, 0.4) is 0 Å². The lowest BCUT2D eigenvalue weighted by atomic mass is 10.1. The molecule has 0 aromatic heterocycles. The average molecular weight is 278 g/mol. The van der Waals surface area contributed by atoms with Crippen LogP contribution in [0.1, 0.15) is 37.8 Å². The minimum atomic E-state index is -0.129. The Bertz CT molecular complexity index is 470. The number of hydrogen-bond donors (Lipinski definition) is 2. The number of carbonyl (C=O) groups is 1. The van der Waals surface area contributed by atoms with E-state index in [-0.39, 0.29) is 11.9 Å². The molecule has 5 heteroatoms. The van der Waals surface area contributed by atoms with Crippen molar-refractivity contribution in [3.63, 3.8) is 0 Å². The molecular formula is C15H22N2O3. The molecule has 0 aliphatic heterocycles. The zero-order valence-corrected chi connectivity index (χ0v) is 12.0. The summed E-state index contributed by atoms with van der Waals surface area (Å²) >= 11 is 0. The lowest BCUT2D eigenvalue weighted by Crippen LogP contribution is -2.26. The maximum atomic E-state index is 11.6. The summed E-state index contributed by atoms with van der Waals surface area (Å²) in [6, 6.07) is 5.81. The van der Waals surface area contributed by atoms with E-state index in [1.165, 1.54) is 0 Å². The van der Waals surface area contributed by atoms with E-state index in [1.54, 1.807) is 13.2 Å². The quantitative estimate of drug-likeness (QED) is 0.797. The first kappa shape index (κ1) is 14.7. The molecule has 2 rings (SSSR count). The van der Waals surface area contributed by atoms with Gasteiger partial charge in [-0.2, -0.15) is 0 Å². The molecule has 0 unspecified atom stereocenters. The molecule has 1 aliphatic carbocycles. The Balaban J connectivity index is 1.90. The molecular weight excluding hydrogens is 256 g/mol. The maximum Gasteiger partial charge on any atom is 0.223 e. The van der Waals surface area contributed by atoms with E-state index < -0.39 is 0 Å². The van der Waals surface area contributed by atoms with Gasteiger partial charge in [0.15, 0.2) is 0 Å². The van der Waals surface area contributed by atoms with Gasteiger partial charge in [-0.3, -0.25) is 4.79 Å². The highest BCUT2D eigenvalue weighted by Gasteiger charge is 2.23. The number of carbonyl (C=O) groups excluding carboxylic acids is 1. The van der Waals surface area contributed by atoms with Crippen LogP contribution in [0.15, 0.2) is 18.2 Å². The number of nitrogens with one attached hydrogen (secondary N) is 1. The highest BCUT2D eigenvalue weighted by Crippen LogP contribution is 2.28. The highest BCUT2D eigenvalue weighted by atomic mass is 16.5. The first-order valence-corrected chi connectivity index (χ1v) is 6.96. The first-order chi connectivity index (χ1) is 9.60. The fraction of sp³-hybridized carbons (Fsp3) is 0.533. The summed E-state index contributed by atoms with van der Waals surface area (Å²) in [6.07, 6.45) is 2.54. The molecule has 3 N–H and O–H groups in total. The molecule has 1 fully saturated rings. The molecule has 1 aromatic rings. The molecule has 0 bridgehead atoms. The number of amides is 1. The van der Waals surface area contributed by atoms with Crippen molar-refractivity contribution < 1.29 is 14.3 Å². The van der Waals surface area contributed by atoms with Crippen molar-refractivity contribution in [3.8, 4) is 11.5 Å². The van der Waals surface area contributed by atoms with Gasteiger partial charge in [0.1, 0.15) is 11.5 Å². The number of hydrogen-bond acceptors (Lipinski definition) is 4. The van der Waals surface area contributed by atoms with Crippen molar-refractivity contribution in [2.24, 2.45) is 5.73 Å². The van der Waals surface area contributed by atoms with Gasteiger partial charge in [-0.15, -0.1) is 0 Å². The Hall–Kier alpha value is -1.75. The molecule has 1 saturated carbocycles. The predicted molar refractivity (Wildman–Crippen MR) is 76.9 cm³/mol. The molecule has 20 heavy (non-hydrogen) atoms. The van der Waals surface area contributed by atoms with Crippen molar-refractivity contribution >= 4 is 5.91 Å². The SMILES string of the molecule is COc1ccc([C@H](C)N)c(OCCC(=O)NC2CC2)c1. The summed E-state index contributed by atoms with van der Waals surface area (Å²) in [6.45, 7) is 2.24. The molecule has 1 aromatic carbocycles. The van der Waals surface area contributed by atoms with Gasteiger partial charge in [0.2, 0.25) is 5.91 Å². The van der Waals surface area contributed by atoms with Crippen LogP contribution in [-0.2, 0) is 4.79 Å². The summed E-state index contributed by atoms with van der Waals surface area (Å²) in [5, 5.41) is 2.93. The molecule has 0 saturated heterocycles. The van der Waals surface area contributed by atoms with E-state index in [4.69, 9.17) is 15.2 Å². The van der Waals surface area contributed by atoms with Crippen LogP contribution in [0.2, 0.25) is 0 Å². The second-order valence-electron chi connectivity index (χ2n) is 5.13. The van der Waals surface area contributed by atoms with Gasteiger partial charge < -0.3 is 20.5 Å². The van der Waals surface area contributed by atoms with Gasteiger partial charge in [-0.05, 0) is 25.8 Å². The van der Waals surface area contributed by atoms with Crippen LogP contribution in [0.5, 0.6) is 11.5 Å². The van der Waals surface area contributed by atoms with Crippen LogP contribution in [0.4, 0.5) is 0 Å². The number of rotatable bonds is 7. The maximum absolute atomic E-state index is 11.6. The molecule has 0 radical (unpaired) electrons. The largest absolute Gasteiger partial charge is 0.497 e. The third kappa shape index (κ3) is 4.13. The van der Waals surface area contributed by atoms with Gasteiger partial charge in [0, 0.05) is 23.7 Å². The second kappa shape index (κ2) is 6.61. The molecule has 1 aliphatic rings. The Morgan fingerprint density at radius 2 is 2.25 bits per heavy atom. The van der Waals surface area contributed by atoms with Crippen LogP contribution in [0, 0.1) is 0 Å².